The zero-order chi connectivity index (χ0) is 12.3. The van der Waals surface area contributed by atoms with E-state index in [0.717, 1.165) is 11.1 Å². The molecule has 92 valence electrons. The van der Waals surface area contributed by atoms with Gasteiger partial charge in [-0.1, -0.05) is 55.8 Å². The summed E-state index contributed by atoms with van der Waals surface area (Å²) in [5.74, 6) is 0.843. The van der Waals surface area contributed by atoms with Gasteiger partial charge in [-0.15, -0.1) is 0 Å². The number of ketones is 1. The predicted molar refractivity (Wildman–Crippen MR) is 71.7 cm³/mol. The molecule has 1 saturated carbocycles. The Morgan fingerprint density at radius 1 is 1.29 bits per heavy atom. The van der Waals surface area contributed by atoms with Gasteiger partial charge in [0.1, 0.15) is 0 Å². The van der Waals surface area contributed by atoms with Gasteiger partial charge in [0.25, 0.3) is 0 Å². The first-order chi connectivity index (χ1) is 8.16. The van der Waals surface area contributed by atoms with Crippen LogP contribution in [0.4, 0.5) is 0 Å². The van der Waals surface area contributed by atoms with Crippen LogP contribution >= 0.6 is 11.6 Å². The molecule has 0 aromatic heterocycles. The van der Waals surface area contributed by atoms with Gasteiger partial charge in [-0.3, -0.25) is 4.79 Å². The number of halogens is 1. The second kappa shape index (κ2) is 5.68. The van der Waals surface area contributed by atoms with Crippen LogP contribution in [-0.4, -0.2) is 5.78 Å². The van der Waals surface area contributed by atoms with Crippen molar-refractivity contribution in [2.24, 2.45) is 5.92 Å². The van der Waals surface area contributed by atoms with E-state index in [9.17, 15) is 4.79 Å². The van der Waals surface area contributed by atoms with Crippen LogP contribution in [0.2, 0.25) is 5.02 Å². The Labute approximate surface area is 108 Å². The number of rotatable bonds is 3. The number of hydrogen-bond donors (Lipinski definition) is 0. The molecule has 0 saturated heterocycles. The first-order valence-corrected chi connectivity index (χ1v) is 6.84. The molecule has 1 aliphatic rings. The molecule has 0 spiro atoms. The summed E-state index contributed by atoms with van der Waals surface area (Å²) >= 11 is 6.05. The molecule has 1 aromatic rings. The molecule has 1 fully saturated rings. The summed E-state index contributed by atoms with van der Waals surface area (Å²) in [4.78, 5) is 12.1. The second-order valence-electron chi connectivity index (χ2n) is 5.10. The van der Waals surface area contributed by atoms with Gasteiger partial charge in [-0.05, 0) is 24.5 Å². The van der Waals surface area contributed by atoms with Crippen molar-refractivity contribution in [2.75, 3.05) is 0 Å². The summed E-state index contributed by atoms with van der Waals surface area (Å²) in [5.41, 5.74) is 1.80. The smallest absolute Gasteiger partial charge is 0.163 e. The topological polar surface area (TPSA) is 17.1 Å². The Morgan fingerprint density at radius 3 is 2.65 bits per heavy atom. The average Bonchev–Trinajstić information content (AvgIpc) is 2.34. The molecule has 17 heavy (non-hydrogen) atoms. The normalized spacial score (nSPS) is 17.1. The maximum atomic E-state index is 12.1. The molecule has 1 aromatic carbocycles. The zero-order valence-electron chi connectivity index (χ0n) is 10.3. The monoisotopic (exact) mass is 250 g/mol. The highest BCUT2D eigenvalue weighted by atomic mass is 35.5. The van der Waals surface area contributed by atoms with E-state index in [1.165, 1.54) is 32.1 Å². The largest absolute Gasteiger partial charge is 0.294 e. The quantitative estimate of drug-likeness (QED) is 0.704. The minimum absolute atomic E-state index is 0.249. The van der Waals surface area contributed by atoms with Crippen LogP contribution in [0.1, 0.15) is 54.4 Å². The van der Waals surface area contributed by atoms with Crippen LogP contribution < -0.4 is 0 Å². The van der Waals surface area contributed by atoms with Crippen molar-refractivity contribution in [1.29, 1.82) is 0 Å². The Hall–Kier alpha value is -0.820. The van der Waals surface area contributed by atoms with Crippen LogP contribution in [0.15, 0.2) is 18.2 Å². The van der Waals surface area contributed by atoms with Crippen molar-refractivity contribution in [3.8, 4) is 0 Å². The molecule has 0 N–H and O–H groups in total. The lowest BCUT2D eigenvalue weighted by molar-refractivity contribution is 0.0950. The van der Waals surface area contributed by atoms with Crippen LogP contribution in [0, 0.1) is 12.8 Å². The molecular formula is C15H19ClO. The van der Waals surface area contributed by atoms with Crippen molar-refractivity contribution in [1.82, 2.24) is 0 Å². The minimum Gasteiger partial charge on any atom is -0.294 e. The number of carbonyl (C=O) groups is 1. The van der Waals surface area contributed by atoms with Gasteiger partial charge >= 0.3 is 0 Å². The number of Topliss-reactive ketones (excluding diaryl/α,β-unsaturated/α-hetero) is 1. The summed E-state index contributed by atoms with van der Waals surface area (Å²) in [6, 6.07) is 5.63. The van der Waals surface area contributed by atoms with Gasteiger partial charge in [0.15, 0.2) is 5.78 Å². The van der Waals surface area contributed by atoms with E-state index in [4.69, 9.17) is 11.6 Å². The third-order valence-corrected chi connectivity index (χ3v) is 4.10. The third-order valence-electron chi connectivity index (χ3n) is 3.69. The number of carbonyl (C=O) groups excluding carboxylic acids is 1. The molecule has 1 aliphatic carbocycles. The minimum atomic E-state index is 0.249. The number of benzene rings is 1. The van der Waals surface area contributed by atoms with Crippen LogP contribution in [0.3, 0.4) is 0 Å². The predicted octanol–water partition coefficient (Wildman–Crippen LogP) is 4.80. The van der Waals surface area contributed by atoms with Crippen molar-refractivity contribution in [3.63, 3.8) is 0 Å². The van der Waals surface area contributed by atoms with E-state index in [0.29, 0.717) is 17.4 Å². The van der Waals surface area contributed by atoms with Crippen molar-refractivity contribution >= 4 is 17.4 Å². The molecule has 1 nitrogen and oxygen atoms in total. The fraction of sp³-hybridized carbons (Fsp3) is 0.533. The lowest BCUT2D eigenvalue weighted by Gasteiger charge is -2.20. The number of hydrogen-bond acceptors (Lipinski definition) is 1. The molecule has 0 aliphatic heterocycles. The summed E-state index contributed by atoms with van der Waals surface area (Å²) in [5, 5.41) is 0.694. The molecular weight excluding hydrogens is 232 g/mol. The summed E-state index contributed by atoms with van der Waals surface area (Å²) in [6.45, 7) is 1.96. The van der Waals surface area contributed by atoms with Crippen LogP contribution in [-0.2, 0) is 0 Å². The summed E-state index contributed by atoms with van der Waals surface area (Å²) < 4.78 is 0. The van der Waals surface area contributed by atoms with E-state index in [1.807, 2.05) is 25.1 Å². The van der Waals surface area contributed by atoms with Crippen molar-refractivity contribution in [3.05, 3.63) is 34.3 Å². The Morgan fingerprint density at radius 2 is 2.00 bits per heavy atom. The van der Waals surface area contributed by atoms with Gasteiger partial charge in [0.2, 0.25) is 0 Å². The molecule has 0 radical (unpaired) electrons. The van der Waals surface area contributed by atoms with Gasteiger partial charge in [-0.25, -0.2) is 0 Å². The number of aryl methyl sites for hydroxylation is 1. The van der Waals surface area contributed by atoms with Crippen molar-refractivity contribution in [2.45, 2.75) is 45.4 Å². The second-order valence-corrected chi connectivity index (χ2v) is 5.50. The third kappa shape index (κ3) is 3.32. The molecule has 0 bridgehead atoms. The molecule has 2 rings (SSSR count). The van der Waals surface area contributed by atoms with Gasteiger partial charge in [0, 0.05) is 17.0 Å². The van der Waals surface area contributed by atoms with Gasteiger partial charge < -0.3 is 0 Å². The standard InChI is InChI=1S/C15H19ClO/c1-11-7-8-13(10-14(11)16)15(17)9-12-5-3-2-4-6-12/h7-8,10,12H,2-6,9H2,1H3. The maximum absolute atomic E-state index is 12.1. The SMILES string of the molecule is Cc1ccc(C(=O)CC2CCCCC2)cc1Cl. The first kappa shape index (κ1) is 12.6. The molecule has 0 atom stereocenters. The van der Waals surface area contributed by atoms with Crippen LogP contribution in [0.5, 0.6) is 0 Å². The summed E-state index contributed by atoms with van der Waals surface area (Å²) in [6.07, 6.45) is 7.02. The Balaban J connectivity index is 2.01. The molecule has 0 amide bonds. The fourth-order valence-corrected chi connectivity index (χ4v) is 2.72. The average molecular weight is 251 g/mol. The van der Waals surface area contributed by atoms with E-state index in [1.54, 1.807) is 0 Å². The fourth-order valence-electron chi connectivity index (χ4n) is 2.54. The highest BCUT2D eigenvalue weighted by molar-refractivity contribution is 6.31. The Bertz CT molecular complexity index is 405. The lowest BCUT2D eigenvalue weighted by Crippen LogP contribution is -2.12. The highest BCUT2D eigenvalue weighted by Gasteiger charge is 2.18. The zero-order valence-corrected chi connectivity index (χ0v) is 11.1. The van der Waals surface area contributed by atoms with Crippen molar-refractivity contribution < 1.29 is 4.79 Å². The summed E-state index contributed by atoms with van der Waals surface area (Å²) in [7, 11) is 0. The van der Waals surface area contributed by atoms with E-state index < -0.39 is 0 Å². The Kier molecular flexibility index (Phi) is 4.22. The maximum Gasteiger partial charge on any atom is 0.163 e. The first-order valence-electron chi connectivity index (χ1n) is 6.46. The lowest BCUT2D eigenvalue weighted by atomic mass is 9.85. The molecule has 0 heterocycles. The van der Waals surface area contributed by atoms with E-state index in [2.05, 4.69) is 0 Å². The van der Waals surface area contributed by atoms with E-state index in [-0.39, 0.29) is 5.78 Å². The highest BCUT2D eigenvalue weighted by Crippen LogP contribution is 2.28. The molecule has 2 heteroatoms. The van der Waals surface area contributed by atoms with Gasteiger partial charge in [-0.2, -0.15) is 0 Å². The van der Waals surface area contributed by atoms with Gasteiger partial charge in [0.05, 0.1) is 0 Å². The molecule has 0 unspecified atom stereocenters. The van der Waals surface area contributed by atoms with Crippen LogP contribution in [0.25, 0.3) is 0 Å². The van der Waals surface area contributed by atoms with E-state index >= 15 is 0 Å².